The van der Waals surface area contributed by atoms with Gasteiger partial charge in [-0.25, -0.2) is 0 Å². The van der Waals surface area contributed by atoms with Crippen molar-refractivity contribution in [1.82, 2.24) is 0 Å². The molecular weight excluding hydrogens is 126 g/mol. The van der Waals surface area contributed by atoms with Crippen molar-refractivity contribution in [1.29, 1.82) is 0 Å². The second-order valence-electron chi connectivity index (χ2n) is 3.32. The molecule has 0 rings (SSSR count). The van der Waals surface area contributed by atoms with E-state index in [9.17, 15) is 5.11 Å². The Balaban J connectivity index is 4.23. The first kappa shape index (κ1) is 9.89. The van der Waals surface area contributed by atoms with Gasteiger partial charge >= 0.3 is 63.0 Å². The van der Waals surface area contributed by atoms with Crippen molar-refractivity contribution in [3.63, 3.8) is 0 Å². The first-order valence-electron chi connectivity index (χ1n) is 3.25. The van der Waals surface area contributed by atoms with E-state index in [1.54, 1.807) is 27.7 Å². The molecule has 10 heavy (non-hydrogen) atoms. The predicted octanol–water partition coefficient (Wildman–Crippen LogP) is 0.255. The number of aliphatic hydroxyl groups is 1. The molecule has 0 amide bonds. The normalized spacial score (nSPS) is 12.4. The molecule has 0 atom stereocenters. The van der Waals surface area contributed by atoms with Gasteiger partial charge in [-0.2, -0.15) is 0 Å². The summed E-state index contributed by atoms with van der Waals surface area (Å²) in [6, 6.07) is 0. The second-order valence-corrected chi connectivity index (χ2v) is 3.32. The maximum absolute atomic E-state index is 9.48. The summed E-state index contributed by atoms with van der Waals surface area (Å²) in [5.41, 5.74) is -1.52. The molecule has 0 aliphatic rings. The Bertz CT molecular complexity index is 126. The van der Waals surface area contributed by atoms with Crippen molar-refractivity contribution in [2.45, 2.75) is 38.9 Å². The number of hydrogen-bond donors (Lipinski definition) is 1. The average Bonchev–Trinajstić information content (AvgIpc) is 1.61. The van der Waals surface area contributed by atoms with Crippen LogP contribution in [0.4, 0.5) is 0 Å². The molecular formula is C6H13B2O2. The molecule has 0 heterocycles. The molecule has 1 radical (unpaired) electrons. The van der Waals surface area contributed by atoms with Gasteiger partial charge in [0.1, 0.15) is 0 Å². The Hall–Kier alpha value is -0.110. The molecule has 55 valence electrons. The van der Waals surface area contributed by atoms with Crippen LogP contribution in [0, 0.1) is 0 Å². The van der Waals surface area contributed by atoms with E-state index in [2.05, 4.69) is 0 Å². The van der Waals surface area contributed by atoms with Gasteiger partial charge in [0, 0.05) is 0 Å². The van der Waals surface area contributed by atoms with Gasteiger partial charge in [0.15, 0.2) is 0 Å². The Labute approximate surface area is 63.9 Å². The quantitative estimate of drug-likeness (QED) is 0.567. The SMILES string of the molecule is [B]=BOC(C)(C)C(C)(C)O. The van der Waals surface area contributed by atoms with Crippen LogP contribution in [-0.4, -0.2) is 30.7 Å². The summed E-state index contributed by atoms with van der Waals surface area (Å²) in [7, 11) is 6.15. The summed E-state index contributed by atoms with van der Waals surface area (Å²) in [6.07, 6.45) is 0. The predicted molar refractivity (Wildman–Crippen MR) is 43.0 cm³/mol. The molecule has 0 aromatic carbocycles. The van der Waals surface area contributed by atoms with Crippen LogP contribution < -0.4 is 0 Å². The van der Waals surface area contributed by atoms with E-state index in [1.165, 1.54) is 0 Å². The molecule has 4 heteroatoms. The van der Waals surface area contributed by atoms with Crippen molar-refractivity contribution < 1.29 is 9.76 Å². The molecule has 0 aliphatic heterocycles. The van der Waals surface area contributed by atoms with Crippen LogP contribution in [0.25, 0.3) is 0 Å². The molecule has 0 aliphatic carbocycles. The van der Waals surface area contributed by atoms with E-state index in [4.69, 9.17) is 12.0 Å². The third-order valence-electron chi connectivity index (χ3n) is 1.84. The summed E-state index contributed by atoms with van der Waals surface area (Å²) in [5.74, 6) is 0. The number of hydrogen-bond acceptors (Lipinski definition) is 2. The molecule has 0 aromatic heterocycles. The molecule has 0 bridgehead atoms. The molecule has 0 saturated carbocycles. The van der Waals surface area contributed by atoms with Gasteiger partial charge in [0.2, 0.25) is 0 Å². The Morgan fingerprint density at radius 3 is 1.80 bits per heavy atom. The van der Waals surface area contributed by atoms with Gasteiger partial charge in [-0.3, -0.25) is 0 Å². The van der Waals surface area contributed by atoms with Crippen LogP contribution in [0.1, 0.15) is 27.7 Å². The zero-order valence-corrected chi connectivity index (χ0v) is 7.01. The molecule has 1 N–H and O–H groups in total. The first-order chi connectivity index (χ1) is 4.31. The van der Waals surface area contributed by atoms with Crippen molar-refractivity contribution >= 4 is 14.4 Å². The van der Waals surface area contributed by atoms with Crippen LogP contribution in [0.15, 0.2) is 0 Å². The summed E-state index contributed by atoms with van der Waals surface area (Å²) in [4.78, 5) is 0. The van der Waals surface area contributed by atoms with E-state index in [-0.39, 0.29) is 0 Å². The van der Waals surface area contributed by atoms with Gasteiger partial charge in [-0.05, 0) is 0 Å². The summed E-state index contributed by atoms with van der Waals surface area (Å²) in [6.45, 7) is 6.90. The minimum absolute atomic E-state index is 0.637. The van der Waals surface area contributed by atoms with Gasteiger partial charge in [-0.15, -0.1) is 0 Å². The van der Waals surface area contributed by atoms with E-state index >= 15 is 0 Å². The number of rotatable bonds is 3. The van der Waals surface area contributed by atoms with Crippen molar-refractivity contribution in [2.24, 2.45) is 0 Å². The zero-order chi connectivity index (χ0) is 8.41. The van der Waals surface area contributed by atoms with E-state index in [0.717, 1.165) is 7.00 Å². The van der Waals surface area contributed by atoms with Crippen molar-refractivity contribution in [3.05, 3.63) is 0 Å². The van der Waals surface area contributed by atoms with Gasteiger partial charge in [0.25, 0.3) is 0 Å². The van der Waals surface area contributed by atoms with E-state index in [0.29, 0.717) is 0 Å². The topological polar surface area (TPSA) is 29.5 Å². The molecule has 0 saturated heterocycles. The summed E-state index contributed by atoms with van der Waals surface area (Å²) >= 11 is 0. The molecule has 0 spiro atoms. The molecule has 0 aromatic rings. The summed E-state index contributed by atoms with van der Waals surface area (Å²) < 4.78 is 5.00. The summed E-state index contributed by atoms with van der Waals surface area (Å²) in [5, 5.41) is 9.48. The molecule has 2 nitrogen and oxygen atoms in total. The monoisotopic (exact) mass is 139 g/mol. The third kappa shape index (κ3) is 2.25. The first-order valence-corrected chi connectivity index (χ1v) is 3.25. The zero-order valence-electron chi connectivity index (χ0n) is 7.01. The third-order valence-corrected chi connectivity index (χ3v) is 1.84. The van der Waals surface area contributed by atoms with Gasteiger partial charge in [-0.1, -0.05) is 0 Å². The van der Waals surface area contributed by atoms with Crippen LogP contribution in [0.5, 0.6) is 0 Å². The van der Waals surface area contributed by atoms with Crippen molar-refractivity contribution in [2.75, 3.05) is 0 Å². The van der Waals surface area contributed by atoms with Crippen LogP contribution in [-0.2, 0) is 4.65 Å². The standard InChI is InChI=1S/C6H13B2O2/c1-5(2,9)6(3,4)10-8-7/h9H,1-4H3. The Morgan fingerprint density at radius 1 is 1.30 bits per heavy atom. The fraction of sp³-hybridized carbons (Fsp3) is 1.00. The Kier molecular flexibility index (Phi) is 2.84. The fourth-order valence-electron chi connectivity index (χ4n) is 0.314. The van der Waals surface area contributed by atoms with Crippen LogP contribution in [0.2, 0.25) is 0 Å². The van der Waals surface area contributed by atoms with Crippen molar-refractivity contribution in [3.8, 4) is 0 Å². The molecule has 0 fully saturated rings. The molecule has 0 unspecified atom stereocenters. The minimum atomic E-state index is -0.886. The average molecular weight is 139 g/mol. The van der Waals surface area contributed by atoms with Gasteiger partial charge < -0.3 is 0 Å². The van der Waals surface area contributed by atoms with Gasteiger partial charge in [0.05, 0.1) is 0 Å². The Morgan fingerprint density at radius 2 is 1.70 bits per heavy atom. The van der Waals surface area contributed by atoms with Crippen LogP contribution in [0.3, 0.4) is 0 Å². The second kappa shape index (κ2) is 2.87. The van der Waals surface area contributed by atoms with Crippen LogP contribution >= 0.6 is 0 Å². The van der Waals surface area contributed by atoms with E-state index < -0.39 is 11.2 Å². The fourth-order valence-corrected chi connectivity index (χ4v) is 0.314. The van der Waals surface area contributed by atoms with E-state index in [1.807, 2.05) is 0 Å². The maximum atomic E-state index is 9.48.